The highest BCUT2D eigenvalue weighted by Gasteiger charge is 2.29. The van der Waals surface area contributed by atoms with Crippen LogP contribution in [0.15, 0.2) is 24.3 Å². The van der Waals surface area contributed by atoms with Crippen LogP contribution in [0.2, 0.25) is 0 Å². The summed E-state index contributed by atoms with van der Waals surface area (Å²) < 4.78 is 0. The van der Waals surface area contributed by atoms with Gasteiger partial charge in [-0.25, -0.2) is 0 Å². The van der Waals surface area contributed by atoms with Crippen molar-refractivity contribution in [2.24, 2.45) is 11.8 Å². The van der Waals surface area contributed by atoms with Gasteiger partial charge in [0.15, 0.2) is 5.78 Å². The summed E-state index contributed by atoms with van der Waals surface area (Å²) in [6, 6.07) is 8.42. The van der Waals surface area contributed by atoms with Crippen molar-refractivity contribution >= 4 is 5.78 Å². The van der Waals surface area contributed by atoms with Gasteiger partial charge >= 0.3 is 0 Å². The molecule has 3 atom stereocenters. The van der Waals surface area contributed by atoms with Crippen molar-refractivity contribution in [2.75, 3.05) is 13.1 Å². The lowest BCUT2D eigenvalue weighted by molar-refractivity contribution is 0.0650. The number of carbonyl (C=O) groups is 1. The lowest BCUT2D eigenvalue weighted by Crippen LogP contribution is -2.47. The summed E-state index contributed by atoms with van der Waals surface area (Å²) in [4.78, 5) is 14.7. The fourth-order valence-corrected chi connectivity index (χ4v) is 3.06. The molecule has 0 bridgehead atoms. The molecule has 1 aromatic rings. The smallest absolute Gasteiger partial charge is 0.176 e. The zero-order chi connectivity index (χ0) is 14.0. The van der Waals surface area contributed by atoms with Crippen LogP contribution in [0.4, 0.5) is 0 Å². The minimum atomic E-state index is 0.244. The number of likely N-dealkylation sites (tertiary alicyclic amines) is 1. The molecule has 19 heavy (non-hydrogen) atoms. The highest BCUT2D eigenvalue weighted by atomic mass is 16.1. The van der Waals surface area contributed by atoms with Crippen LogP contribution in [0.1, 0.15) is 43.1 Å². The molecule has 1 aliphatic rings. The Morgan fingerprint density at radius 3 is 2.47 bits per heavy atom. The van der Waals surface area contributed by atoms with Gasteiger partial charge in [0.1, 0.15) is 0 Å². The van der Waals surface area contributed by atoms with E-state index in [1.54, 1.807) is 0 Å². The fraction of sp³-hybridized carbons (Fsp3) is 0.588. The maximum Gasteiger partial charge on any atom is 0.176 e. The Kier molecular flexibility index (Phi) is 4.41. The van der Waals surface area contributed by atoms with E-state index in [0.29, 0.717) is 24.4 Å². The number of benzene rings is 1. The van der Waals surface area contributed by atoms with Gasteiger partial charge in [-0.3, -0.25) is 9.69 Å². The average molecular weight is 259 g/mol. The molecule has 0 saturated carbocycles. The van der Waals surface area contributed by atoms with Crippen molar-refractivity contribution in [3.63, 3.8) is 0 Å². The maximum absolute atomic E-state index is 12.3. The SMILES string of the molecule is Cc1ccc(C(=O)CN2CC(C)CC(C)C2C)cc1. The standard InChI is InChI=1S/C17H25NO/c1-12-5-7-16(8-6-12)17(19)11-18-10-13(2)9-14(3)15(18)4/h5-8,13-15H,9-11H2,1-4H3. The predicted molar refractivity (Wildman–Crippen MR) is 79.5 cm³/mol. The van der Waals surface area contributed by atoms with Crippen LogP contribution < -0.4 is 0 Å². The number of nitrogens with zero attached hydrogens (tertiary/aromatic N) is 1. The van der Waals surface area contributed by atoms with Crippen molar-refractivity contribution in [2.45, 2.75) is 40.2 Å². The van der Waals surface area contributed by atoms with E-state index in [1.807, 2.05) is 31.2 Å². The Morgan fingerprint density at radius 2 is 1.84 bits per heavy atom. The molecule has 0 aliphatic carbocycles. The number of ketones is 1. The van der Waals surface area contributed by atoms with Crippen LogP contribution in [-0.2, 0) is 0 Å². The molecule has 0 radical (unpaired) electrons. The van der Waals surface area contributed by atoms with Gasteiger partial charge in [-0.05, 0) is 32.1 Å². The number of piperidine rings is 1. The van der Waals surface area contributed by atoms with E-state index >= 15 is 0 Å². The second-order valence-electron chi connectivity index (χ2n) is 6.28. The van der Waals surface area contributed by atoms with Crippen LogP contribution in [0.3, 0.4) is 0 Å². The molecule has 3 unspecified atom stereocenters. The molecular weight excluding hydrogens is 234 g/mol. The quantitative estimate of drug-likeness (QED) is 0.774. The van der Waals surface area contributed by atoms with E-state index in [-0.39, 0.29) is 5.78 Å². The summed E-state index contributed by atoms with van der Waals surface area (Å²) in [6.45, 7) is 10.5. The lowest BCUT2D eigenvalue weighted by Gasteiger charge is -2.40. The van der Waals surface area contributed by atoms with Crippen LogP contribution in [0.5, 0.6) is 0 Å². The molecule has 0 N–H and O–H groups in total. The van der Waals surface area contributed by atoms with Gasteiger partial charge in [0.2, 0.25) is 0 Å². The Bertz CT molecular complexity index is 437. The largest absolute Gasteiger partial charge is 0.293 e. The van der Waals surface area contributed by atoms with Gasteiger partial charge in [0.05, 0.1) is 6.54 Å². The Morgan fingerprint density at radius 1 is 1.21 bits per heavy atom. The summed E-state index contributed by atoms with van der Waals surface area (Å²) in [5, 5.41) is 0. The molecule has 2 rings (SSSR count). The third-order valence-electron chi connectivity index (χ3n) is 4.44. The number of hydrogen-bond donors (Lipinski definition) is 0. The molecule has 1 aliphatic heterocycles. The van der Waals surface area contributed by atoms with Gasteiger partial charge in [-0.1, -0.05) is 43.7 Å². The fourth-order valence-electron chi connectivity index (χ4n) is 3.06. The second kappa shape index (κ2) is 5.87. The third kappa shape index (κ3) is 3.44. The molecule has 2 nitrogen and oxygen atoms in total. The number of hydrogen-bond acceptors (Lipinski definition) is 2. The van der Waals surface area contributed by atoms with Crippen molar-refractivity contribution in [3.8, 4) is 0 Å². The minimum absolute atomic E-state index is 0.244. The van der Waals surface area contributed by atoms with Gasteiger partial charge in [0.25, 0.3) is 0 Å². The first-order chi connectivity index (χ1) is 8.97. The van der Waals surface area contributed by atoms with Crippen molar-refractivity contribution in [1.29, 1.82) is 0 Å². The van der Waals surface area contributed by atoms with Gasteiger partial charge in [0, 0.05) is 18.2 Å². The van der Waals surface area contributed by atoms with Gasteiger partial charge in [-0.15, -0.1) is 0 Å². The van der Waals surface area contributed by atoms with Gasteiger partial charge < -0.3 is 0 Å². The Labute approximate surface area is 116 Å². The van der Waals surface area contributed by atoms with Crippen LogP contribution in [0, 0.1) is 18.8 Å². The third-order valence-corrected chi connectivity index (χ3v) is 4.44. The normalized spacial score (nSPS) is 28.3. The number of aryl methyl sites for hydroxylation is 1. The molecular formula is C17H25NO. The Hall–Kier alpha value is -1.15. The summed E-state index contributed by atoms with van der Waals surface area (Å²) in [5.41, 5.74) is 2.04. The highest BCUT2D eigenvalue weighted by Crippen LogP contribution is 2.26. The van der Waals surface area contributed by atoms with Crippen molar-refractivity contribution < 1.29 is 4.79 Å². The topological polar surface area (TPSA) is 20.3 Å². The van der Waals surface area contributed by atoms with Gasteiger partial charge in [-0.2, -0.15) is 0 Å². The number of rotatable bonds is 3. The minimum Gasteiger partial charge on any atom is -0.293 e. The zero-order valence-corrected chi connectivity index (χ0v) is 12.5. The average Bonchev–Trinajstić information content (AvgIpc) is 2.36. The molecule has 104 valence electrons. The van der Waals surface area contributed by atoms with Crippen LogP contribution in [-0.4, -0.2) is 29.8 Å². The van der Waals surface area contributed by atoms with E-state index in [1.165, 1.54) is 12.0 Å². The molecule has 1 saturated heterocycles. The van der Waals surface area contributed by atoms with E-state index in [0.717, 1.165) is 12.1 Å². The van der Waals surface area contributed by atoms with Crippen LogP contribution in [0.25, 0.3) is 0 Å². The molecule has 1 heterocycles. The van der Waals surface area contributed by atoms with E-state index in [4.69, 9.17) is 0 Å². The van der Waals surface area contributed by atoms with E-state index in [9.17, 15) is 4.79 Å². The highest BCUT2D eigenvalue weighted by molar-refractivity contribution is 5.97. The second-order valence-corrected chi connectivity index (χ2v) is 6.28. The van der Waals surface area contributed by atoms with Crippen molar-refractivity contribution in [3.05, 3.63) is 35.4 Å². The van der Waals surface area contributed by atoms with Crippen molar-refractivity contribution in [1.82, 2.24) is 4.90 Å². The molecule has 1 aromatic carbocycles. The number of Topliss-reactive ketones (excluding diaryl/α,β-unsaturated/α-hetero) is 1. The molecule has 1 fully saturated rings. The van der Waals surface area contributed by atoms with Crippen LogP contribution >= 0.6 is 0 Å². The monoisotopic (exact) mass is 259 g/mol. The summed E-state index contributed by atoms with van der Waals surface area (Å²) in [7, 11) is 0. The first-order valence-corrected chi connectivity index (χ1v) is 7.31. The summed E-state index contributed by atoms with van der Waals surface area (Å²) in [6.07, 6.45) is 1.27. The lowest BCUT2D eigenvalue weighted by atomic mass is 9.86. The summed E-state index contributed by atoms with van der Waals surface area (Å²) in [5.74, 6) is 1.61. The maximum atomic E-state index is 12.3. The molecule has 0 aromatic heterocycles. The molecule has 2 heteroatoms. The molecule has 0 spiro atoms. The Balaban J connectivity index is 2.03. The first kappa shape index (κ1) is 14.3. The number of carbonyl (C=O) groups excluding carboxylic acids is 1. The molecule has 0 amide bonds. The predicted octanol–water partition coefficient (Wildman–Crippen LogP) is 3.54. The zero-order valence-electron chi connectivity index (χ0n) is 12.5. The first-order valence-electron chi connectivity index (χ1n) is 7.31. The van der Waals surface area contributed by atoms with E-state index in [2.05, 4.69) is 25.7 Å². The van der Waals surface area contributed by atoms with E-state index < -0.39 is 0 Å². The summed E-state index contributed by atoms with van der Waals surface area (Å²) >= 11 is 0.